The highest BCUT2D eigenvalue weighted by molar-refractivity contribution is 5.91. The van der Waals surface area contributed by atoms with Crippen molar-refractivity contribution in [3.05, 3.63) is 53.2 Å². The second-order valence-electron chi connectivity index (χ2n) is 7.60. The minimum Gasteiger partial charge on any atom is -0.364 e. The van der Waals surface area contributed by atoms with E-state index in [0.717, 1.165) is 6.07 Å². The van der Waals surface area contributed by atoms with E-state index in [1.54, 1.807) is 4.90 Å². The van der Waals surface area contributed by atoms with E-state index in [9.17, 15) is 14.0 Å². The molecule has 3 atom stereocenters. The van der Waals surface area contributed by atoms with Crippen molar-refractivity contribution in [3.63, 3.8) is 0 Å². The third-order valence-corrected chi connectivity index (χ3v) is 5.58. The maximum Gasteiger partial charge on any atom is 0.267 e. The minimum absolute atomic E-state index is 0.0182. The summed E-state index contributed by atoms with van der Waals surface area (Å²) in [6, 6.07) is 6.53. The average Bonchev–Trinajstić information content (AvgIpc) is 3.28. The molecule has 0 radical (unpaired) electrons. The number of carbonyl (C=O) groups is 2. The second-order valence-corrected chi connectivity index (χ2v) is 7.60. The van der Waals surface area contributed by atoms with Gasteiger partial charge in [0.15, 0.2) is 0 Å². The Morgan fingerprint density at radius 1 is 1.22 bits per heavy atom. The summed E-state index contributed by atoms with van der Waals surface area (Å²) in [7, 11) is 0. The van der Waals surface area contributed by atoms with Crippen LogP contribution in [0.3, 0.4) is 0 Å². The number of hydrogen-bond donors (Lipinski definition) is 1. The lowest BCUT2D eigenvalue weighted by Crippen LogP contribution is -2.48. The molecule has 0 bridgehead atoms. The molecule has 11 heteroatoms. The zero-order valence-corrected chi connectivity index (χ0v) is 16.9. The summed E-state index contributed by atoms with van der Waals surface area (Å²) in [5, 5.41) is 14.4. The van der Waals surface area contributed by atoms with Gasteiger partial charge in [0.05, 0.1) is 30.1 Å². The van der Waals surface area contributed by atoms with Crippen LogP contribution in [0.15, 0.2) is 35.7 Å². The Morgan fingerprint density at radius 3 is 2.75 bits per heavy atom. The Hall–Kier alpha value is -3.94. The van der Waals surface area contributed by atoms with Gasteiger partial charge in [-0.2, -0.15) is 10.4 Å². The number of anilines is 1. The summed E-state index contributed by atoms with van der Waals surface area (Å²) < 4.78 is 29.0. The number of nitrogens with two attached hydrogens (primary N) is 1. The number of hydrogen-bond acceptors (Lipinski definition) is 7. The molecule has 1 saturated heterocycles. The normalized spacial score (nSPS) is 22.6. The molecule has 4 rings (SSSR count). The van der Waals surface area contributed by atoms with Gasteiger partial charge >= 0.3 is 0 Å². The van der Waals surface area contributed by atoms with Crippen LogP contribution in [-0.4, -0.2) is 52.3 Å². The van der Waals surface area contributed by atoms with Gasteiger partial charge in [-0.25, -0.2) is 23.8 Å². The van der Waals surface area contributed by atoms with E-state index in [4.69, 9.17) is 11.0 Å². The zero-order valence-electron chi connectivity index (χ0n) is 16.9. The second kappa shape index (κ2) is 8.66. The van der Waals surface area contributed by atoms with Gasteiger partial charge in [0.25, 0.3) is 5.91 Å². The lowest BCUT2D eigenvalue weighted by molar-refractivity contribution is -0.140. The van der Waals surface area contributed by atoms with Gasteiger partial charge in [0.1, 0.15) is 29.8 Å². The lowest BCUT2D eigenvalue weighted by atomic mass is 9.92. The van der Waals surface area contributed by atoms with Crippen molar-refractivity contribution in [2.24, 2.45) is 16.8 Å². The van der Waals surface area contributed by atoms with E-state index < -0.39 is 35.8 Å². The number of hydrazone groups is 1. The Morgan fingerprint density at radius 2 is 2.03 bits per heavy atom. The number of nitrogens with zero attached hydrogens (tertiary/aromatic N) is 6. The van der Waals surface area contributed by atoms with Crippen LogP contribution in [0, 0.1) is 23.1 Å². The summed E-state index contributed by atoms with van der Waals surface area (Å²) in [5.41, 5.74) is 5.82. The first-order valence-corrected chi connectivity index (χ1v) is 9.94. The monoisotopic (exact) mass is 439 g/mol. The lowest BCUT2D eigenvalue weighted by Gasteiger charge is -2.36. The Labute approximate surface area is 182 Å². The topological polar surface area (TPSA) is 129 Å². The van der Waals surface area contributed by atoms with E-state index in [2.05, 4.69) is 15.1 Å². The van der Waals surface area contributed by atoms with Gasteiger partial charge in [-0.05, 0) is 30.2 Å². The highest BCUT2D eigenvalue weighted by Crippen LogP contribution is 2.34. The molecule has 0 aliphatic carbocycles. The highest BCUT2D eigenvalue weighted by atomic mass is 19.1. The molecule has 1 aromatic carbocycles. The maximum atomic E-state index is 15.1. The number of carbonyl (C=O) groups excluding carboxylic acids is 2. The van der Waals surface area contributed by atoms with Crippen LogP contribution >= 0.6 is 0 Å². The molecule has 2 N–H and O–H groups in total. The molecule has 9 nitrogen and oxygen atoms in total. The van der Waals surface area contributed by atoms with E-state index >= 15 is 4.39 Å². The largest absolute Gasteiger partial charge is 0.364 e. The van der Waals surface area contributed by atoms with E-state index in [1.807, 2.05) is 6.07 Å². The summed E-state index contributed by atoms with van der Waals surface area (Å²) in [5.74, 6) is -2.40. The maximum absolute atomic E-state index is 15.1. The molecule has 0 saturated carbocycles. The van der Waals surface area contributed by atoms with E-state index in [1.165, 1.54) is 35.7 Å². The summed E-state index contributed by atoms with van der Waals surface area (Å²) in [6.07, 6.45) is 1.72. The third-order valence-electron chi connectivity index (χ3n) is 5.58. The zero-order chi connectivity index (χ0) is 22.8. The van der Waals surface area contributed by atoms with Crippen molar-refractivity contribution in [2.45, 2.75) is 25.1 Å². The summed E-state index contributed by atoms with van der Waals surface area (Å²) in [6.45, 7) is 0.221. The first kappa shape index (κ1) is 21.3. The van der Waals surface area contributed by atoms with E-state index in [-0.39, 0.29) is 24.2 Å². The molecule has 2 amide bonds. The van der Waals surface area contributed by atoms with Gasteiger partial charge in [0.2, 0.25) is 5.91 Å². The predicted molar refractivity (Wildman–Crippen MR) is 110 cm³/mol. The summed E-state index contributed by atoms with van der Waals surface area (Å²) in [4.78, 5) is 33.9. The van der Waals surface area contributed by atoms with Crippen LogP contribution in [0.5, 0.6) is 0 Å². The number of rotatable bonds is 4. The number of primary amides is 1. The fraction of sp³-hybridized carbons (Fsp3) is 0.333. The van der Waals surface area contributed by atoms with Crippen molar-refractivity contribution in [1.29, 1.82) is 5.26 Å². The number of amides is 2. The molecule has 0 unspecified atom stereocenters. The highest BCUT2D eigenvalue weighted by Gasteiger charge is 2.40. The Kier molecular flexibility index (Phi) is 5.77. The number of alkyl halides is 1. The third kappa shape index (κ3) is 4.12. The van der Waals surface area contributed by atoms with Crippen molar-refractivity contribution < 1.29 is 18.4 Å². The number of piperidine rings is 1. The van der Waals surface area contributed by atoms with Crippen LogP contribution in [0.2, 0.25) is 0 Å². The standard InChI is InChI=1S/C21H19F2N7O2/c22-14-6-12(9-24)5-13(7-14)18-1-3-28-30(18)21(32)15-2-4-29(10-16(15)23)19-8-17(20(25)31)26-11-27-19/h3,5-8,11,15-16,18H,1-2,4,10H2,(H2,25,31)/t15-,16+,18+/m1/s1. The smallest absolute Gasteiger partial charge is 0.267 e. The molecule has 2 aromatic rings. The summed E-state index contributed by atoms with van der Waals surface area (Å²) >= 11 is 0. The van der Waals surface area contributed by atoms with Crippen LogP contribution in [0.1, 0.15) is 40.5 Å². The quantitative estimate of drug-likeness (QED) is 0.772. The molecule has 164 valence electrons. The Balaban J connectivity index is 1.49. The fourth-order valence-electron chi connectivity index (χ4n) is 3.99. The molecule has 2 aliphatic rings. The predicted octanol–water partition coefficient (Wildman–Crippen LogP) is 1.71. The van der Waals surface area contributed by atoms with Crippen LogP contribution < -0.4 is 10.6 Å². The average molecular weight is 439 g/mol. The van der Waals surface area contributed by atoms with Crippen LogP contribution in [-0.2, 0) is 4.79 Å². The molecule has 0 spiro atoms. The van der Waals surface area contributed by atoms with Gasteiger partial charge in [-0.1, -0.05) is 0 Å². The fourth-order valence-corrected chi connectivity index (χ4v) is 3.99. The number of benzene rings is 1. The molecular formula is C21H19F2N7O2. The van der Waals surface area contributed by atoms with Crippen molar-refractivity contribution in [1.82, 2.24) is 15.0 Å². The van der Waals surface area contributed by atoms with Gasteiger partial charge in [-0.15, -0.1) is 0 Å². The molecule has 1 fully saturated rings. The van der Waals surface area contributed by atoms with Gasteiger partial charge < -0.3 is 10.6 Å². The van der Waals surface area contributed by atoms with Crippen LogP contribution in [0.25, 0.3) is 0 Å². The number of aromatic nitrogens is 2. The van der Waals surface area contributed by atoms with Gasteiger partial charge in [0, 0.05) is 25.2 Å². The molecule has 32 heavy (non-hydrogen) atoms. The first-order chi connectivity index (χ1) is 15.4. The molecule has 2 aliphatic heterocycles. The SMILES string of the molecule is N#Cc1cc(F)cc([C@@H]2CC=NN2C(=O)[C@@H]2CCN(c3cc(C(N)=O)ncn3)C[C@@H]2F)c1. The first-order valence-electron chi connectivity index (χ1n) is 9.94. The van der Waals surface area contributed by atoms with Crippen molar-refractivity contribution in [3.8, 4) is 6.07 Å². The van der Waals surface area contributed by atoms with Crippen LogP contribution in [0.4, 0.5) is 14.6 Å². The Bertz CT molecular complexity index is 1130. The van der Waals surface area contributed by atoms with Gasteiger partial charge in [-0.3, -0.25) is 9.59 Å². The van der Waals surface area contributed by atoms with Crippen molar-refractivity contribution in [2.75, 3.05) is 18.0 Å². The van der Waals surface area contributed by atoms with E-state index in [0.29, 0.717) is 24.3 Å². The number of halogens is 2. The molecular weight excluding hydrogens is 420 g/mol. The molecule has 1 aromatic heterocycles. The minimum atomic E-state index is -1.51. The number of nitriles is 1. The van der Waals surface area contributed by atoms with Crippen molar-refractivity contribution >= 4 is 23.8 Å². The molecule has 3 heterocycles.